The summed E-state index contributed by atoms with van der Waals surface area (Å²) in [6.45, 7) is 4.46. The third-order valence-corrected chi connectivity index (χ3v) is 4.00. The van der Waals surface area contributed by atoms with Crippen LogP contribution in [0.5, 0.6) is 0 Å². The van der Waals surface area contributed by atoms with Crippen LogP contribution < -0.4 is 0 Å². The number of benzene rings is 2. The largest absolute Gasteiger partial charge is 0.465 e. The van der Waals surface area contributed by atoms with Gasteiger partial charge in [-0.15, -0.1) is 0 Å². The average molecular weight is 296 g/mol. The van der Waals surface area contributed by atoms with Gasteiger partial charge in [0.05, 0.1) is 12.5 Å². The molecule has 0 radical (unpaired) electrons. The minimum Gasteiger partial charge on any atom is -0.465 e. The van der Waals surface area contributed by atoms with Gasteiger partial charge in [-0.25, -0.2) is 0 Å². The molecular formula is C19H20O3. The molecule has 3 aromatic rings. The van der Waals surface area contributed by atoms with Crippen LogP contribution in [0.3, 0.4) is 0 Å². The van der Waals surface area contributed by atoms with Crippen molar-refractivity contribution in [3.8, 4) is 0 Å². The number of furan rings is 1. The number of fused-ring (bicyclic) bond motifs is 3. The lowest BCUT2D eigenvalue weighted by atomic mass is 9.99. The third-order valence-electron chi connectivity index (χ3n) is 4.00. The number of esters is 1. The Labute approximate surface area is 129 Å². The Morgan fingerprint density at radius 3 is 2.73 bits per heavy atom. The molecule has 1 heterocycles. The number of rotatable bonds is 5. The van der Waals surface area contributed by atoms with Crippen molar-refractivity contribution in [2.75, 3.05) is 6.61 Å². The van der Waals surface area contributed by atoms with Crippen LogP contribution >= 0.6 is 0 Å². The molecule has 0 aliphatic carbocycles. The van der Waals surface area contributed by atoms with E-state index in [0.29, 0.717) is 6.61 Å². The fourth-order valence-corrected chi connectivity index (χ4v) is 2.59. The lowest BCUT2D eigenvalue weighted by molar-refractivity contribution is -0.145. The van der Waals surface area contributed by atoms with Gasteiger partial charge in [-0.2, -0.15) is 0 Å². The van der Waals surface area contributed by atoms with Gasteiger partial charge in [0.25, 0.3) is 0 Å². The molecule has 3 nitrogen and oxygen atoms in total. The zero-order chi connectivity index (χ0) is 15.5. The molecule has 0 fully saturated rings. The van der Waals surface area contributed by atoms with E-state index < -0.39 is 0 Å². The minimum atomic E-state index is -0.269. The van der Waals surface area contributed by atoms with Gasteiger partial charge in [-0.05, 0) is 37.1 Å². The van der Waals surface area contributed by atoms with Crippen LogP contribution in [0.25, 0.3) is 21.9 Å². The van der Waals surface area contributed by atoms with Crippen molar-refractivity contribution in [3.63, 3.8) is 0 Å². The lowest BCUT2D eigenvalue weighted by Gasteiger charge is -2.11. The van der Waals surface area contributed by atoms with E-state index in [-0.39, 0.29) is 11.9 Å². The zero-order valence-corrected chi connectivity index (χ0v) is 13.0. The number of para-hydroxylation sites is 1. The van der Waals surface area contributed by atoms with Crippen LogP contribution in [0, 0.1) is 0 Å². The van der Waals surface area contributed by atoms with Gasteiger partial charge in [-0.1, -0.05) is 37.6 Å². The van der Waals surface area contributed by atoms with Crippen LogP contribution in [0.2, 0.25) is 0 Å². The number of ether oxygens (including phenoxy) is 1. The molecule has 22 heavy (non-hydrogen) atoms. The maximum Gasteiger partial charge on any atom is 0.313 e. The molecule has 2 aromatic carbocycles. The first-order valence-corrected chi connectivity index (χ1v) is 7.78. The number of carbonyl (C=O) groups excluding carboxylic acids is 1. The molecule has 0 saturated carbocycles. The Balaban J connectivity index is 1.90. The van der Waals surface area contributed by atoms with Crippen molar-refractivity contribution in [2.24, 2.45) is 0 Å². The van der Waals surface area contributed by atoms with Crippen LogP contribution in [0.4, 0.5) is 0 Å². The van der Waals surface area contributed by atoms with E-state index in [1.54, 1.807) is 0 Å². The first-order chi connectivity index (χ1) is 10.7. The highest BCUT2D eigenvalue weighted by atomic mass is 16.5. The van der Waals surface area contributed by atoms with E-state index >= 15 is 0 Å². The van der Waals surface area contributed by atoms with Crippen molar-refractivity contribution in [1.29, 1.82) is 0 Å². The van der Waals surface area contributed by atoms with Gasteiger partial charge in [0.15, 0.2) is 0 Å². The Kier molecular flexibility index (Phi) is 4.14. The van der Waals surface area contributed by atoms with E-state index in [1.165, 1.54) is 0 Å². The minimum absolute atomic E-state index is 0.166. The predicted octanol–water partition coefficient (Wildman–Crippen LogP) is 5.03. The monoisotopic (exact) mass is 296 g/mol. The summed E-state index contributed by atoms with van der Waals surface area (Å²) in [7, 11) is 0. The molecule has 1 atom stereocenters. The van der Waals surface area contributed by atoms with Crippen LogP contribution in [0.1, 0.15) is 38.2 Å². The van der Waals surface area contributed by atoms with E-state index in [2.05, 4.69) is 6.92 Å². The van der Waals surface area contributed by atoms with Crippen molar-refractivity contribution in [2.45, 2.75) is 32.6 Å². The summed E-state index contributed by atoms with van der Waals surface area (Å²) in [5.41, 5.74) is 2.67. The highest BCUT2D eigenvalue weighted by molar-refractivity contribution is 6.05. The SMILES string of the molecule is CCCCOC(=O)C(C)c1ccc2oc3ccccc3c2c1. The summed E-state index contributed by atoms with van der Waals surface area (Å²) < 4.78 is 11.1. The third kappa shape index (κ3) is 2.71. The topological polar surface area (TPSA) is 39.4 Å². The molecule has 0 aliphatic heterocycles. The molecule has 1 unspecified atom stereocenters. The van der Waals surface area contributed by atoms with Crippen LogP contribution in [0.15, 0.2) is 46.9 Å². The Hall–Kier alpha value is -2.29. The van der Waals surface area contributed by atoms with Crippen molar-refractivity contribution in [1.82, 2.24) is 0 Å². The summed E-state index contributed by atoms with van der Waals surface area (Å²) in [5, 5.41) is 2.12. The second-order valence-corrected chi connectivity index (χ2v) is 5.60. The van der Waals surface area contributed by atoms with Gasteiger partial charge in [0, 0.05) is 10.8 Å². The molecule has 3 rings (SSSR count). The summed E-state index contributed by atoms with van der Waals surface area (Å²) in [4.78, 5) is 12.1. The second-order valence-electron chi connectivity index (χ2n) is 5.60. The van der Waals surface area contributed by atoms with Gasteiger partial charge in [-0.3, -0.25) is 4.79 Å². The molecule has 114 valence electrons. The molecule has 0 aliphatic rings. The Bertz CT molecular complexity index is 801. The van der Waals surface area contributed by atoms with E-state index in [1.807, 2.05) is 49.4 Å². The molecule has 0 saturated heterocycles. The molecular weight excluding hydrogens is 276 g/mol. The van der Waals surface area contributed by atoms with Crippen molar-refractivity contribution < 1.29 is 13.9 Å². The Morgan fingerprint density at radius 2 is 1.91 bits per heavy atom. The molecule has 0 N–H and O–H groups in total. The number of hydrogen-bond acceptors (Lipinski definition) is 3. The molecule has 3 heteroatoms. The molecule has 0 bridgehead atoms. The second kappa shape index (κ2) is 6.22. The predicted molar refractivity (Wildman–Crippen MR) is 88.0 cm³/mol. The summed E-state index contributed by atoms with van der Waals surface area (Å²) >= 11 is 0. The van der Waals surface area contributed by atoms with Crippen molar-refractivity contribution >= 4 is 27.9 Å². The van der Waals surface area contributed by atoms with Crippen LogP contribution in [-0.4, -0.2) is 12.6 Å². The van der Waals surface area contributed by atoms with E-state index in [9.17, 15) is 4.79 Å². The smallest absolute Gasteiger partial charge is 0.313 e. The fraction of sp³-hybridized carbons (Fsp3) is 0.316. The van der Waals surface area contributed by atoms with Crippen molar-refractivity contribution in [3.05, 3.63) is 48.0 Å². The van der Waals surface area contributed by atoms with Gasteiger partial charge in [0.2, 0.25) is 0 Å². The maximum atomic E-state index is 12.1. The summed E-state index contributed by atoms with van der Waals surface area (Å²) in [6, 6.07) is 13.8. The quantitative estimate of drug-likeness (QED) is 0.489. The highest BCUT2D eigenvalue weighted by Crippen LogP contribution is 2.31. The van der Waals surface area contributed by atoms with E-state index in [4.69, 9.17) is 9.15 Å². The van der Waals surface area contributed by atoms with Gasteiger partial charge >= 0.3 is 5.97 Å². The molecule has 0 amide bonds. The van der Waals surface area contributed by atoms with Gasteiger partial charge in [0.1, 0.15) is 11.2 Å². The van der Waals surface area contributed by atoms with E-state index in [0.717, 1.165) is 40.3 Å². The normalized spacial score (nSPS) is 12.6. The Morgan fingerprint density at radius 1 is 1.14 bits per heavy atom. The lowest BCUT2D eigenvalue weighted by Crippen LogP contribution is -2.13. The standard InChI is InChI=1S/C19H20O3/c1-3-4-11-21-19(20)13(2)14-9-10-18-16(12-14)15-7-5-6-8-17(15)22-18/h5-10,12-13H,3-4,11H2,1-2H3. The fourth-order valence-electron chi connectivity index (χ4n) is 2.59. The zero-order valence-electron chi connectivity index (χ0n) is 13.0. The number of unbranched alkanes of at least 4 members (excludes halogenated alkanes) is 1. The number of carbonyl (C=O) groups is 1. The molecule has 0 spiro atoms. The first kappa shape index (κ1) is 14.6. The van der Waals surface area contributed by atoms with Gasteiger partial charge < -0.3 is 9.15 Å². The summed E-state index contributed by atoms with van der Waals surface area (Å²) in [6.07, 6.45) is 1.93. The maximum absolute atomic E-state index is 12.1. The highest BCUT2D eigenvalue weighted by Gasteiger charge is 2.18. The first-order valence-electron chi connectivity index (χ1n) is 7.78. The average Bonchev–Trinajstić information content (AvgIpc) is 2.92. The van der Waals surface area contributed by atoms with Crippen LogP contribution in [-0.2, 0) is 9.53 Å². The molecule has 1 aromatic heterocycles. The summed E-state index contributed by atoms with van der Waals surface area (Å²) in [5.74, 6) is -0.435. The number of hydrogen-bond donors (Lipinski definition) is 0.